The van der Waals surface area contributed by atoms with Crippen LogP contribution in [0.4, 0.5) is 5.69 Å². The monoisotopic (exact) mass is 182 g/mol. The van der Waals surface area contributed by atoms with E-state index in [9.17, 15) is 10.1 Å². The largest absolute Gasteiger partial charge is 0.316 e. The van der Waals surface area contributed by atoms with Crippen LogP contribution < -0.4 is 11.5 Å². The summed E-state index contributed by atoms with van der Waals surface area (Å²) < 4.78 is 0. The molecule has 0 radical (unpaired) electrons. The third-order valence-corrected chi connectivity index (χ3v) is 1.46. The summed E-state index contributed by atoms with van der Waals surface area (Å²) in [6.45, 7) is 0. The van der Waals surface area contributed by atoms with E-state index < -0.39 is 11.1 Å². The molecule has 0 amide bonds. The van der Waals surface area contributed by atoms with Gasteiger partial charge in [-0.25, -0.2) is 0 Å². The van der Waals surface area contributed by atoms with Crippen LogP contribution in [-0.2, 0) is 6.42 Å². The van der Waals surface area contributed by atoms with Gasteiger partial charge >= 0.3 is 0 Å². The number of nitrogens with two attached hydrogens (primary N) is 2. The lowest BCUT2D eigenvalue weighted by Gasteiger charge is -2.02. The highest BCUT2D eigenvalue weighted by atomic mass is 16.6. The highest BCUT2D eigenvalue weighted by molar-refractivity contribution is 5.26. The second-order valence-electron chi connectivity index (χ2n) is 2.63. The van der Waals surface area contributed by atoms with Gasteiger partial charge < -0.3 is 11.5 Å². The normalized spacial score (nSPS) is 10.4. The summed E-state index contributed by atoms with van der Waals surface area (Å²) in [6.07, 6.45) is 1.13. The van der Waals surface area contributed by atoms with Crippen LogP contribution in [-0.4, -0.2) is 16.1 Å². The molecule has 6 heteroatoms. The zero-order chi connectivity index (χ0) is 9.84. The minimum absolute atomic E-state index is 0.0330. The quantitative estimate of drug-likeness (QED) is 0.381. The molecule has 1 rings (SSSR count). The molecular weight excluding hydrogens is 172 g/mol. The van der Waals surface area contributed by atoms with E-state index >= 15 is 0 Å². The number of nitro groups is 1. The Kier molecular flexibility index (Phi) is 2.88. The highest BCUT2D eigenvalue weighted by Gasteiger charge is 2.05. The topological polar surface area (TPSA) is 108 Å². The SMILES string of the molecule is NC(N)Cc1ccc([N+](=O)[O-])cn1. The minimum atomic E-state index is -0.501. The van der Waals surface area contributed by atoms with Crippen LogP contribution in [0.2, 0.25) is 0 Å². The van der Waals surface area contributed by atoms with E-state index in [1.807, 2.05) is 0 Å². The molecule has 0 saturated heterocycles. The first-order chi connectivity index (χ1) is 6.09. The van der Waals surface area contributed by atoms with Crippen LogP contribution in [0, 0.1) is 10.1 Å². The molecule has 4 N–H and O–H groups in total. The van der Waals surface area contributed by atoms with Gasteiger partial charge in [0.25, 0.3) is 5.69 Å². The molecule has 0 spiro atoms. The molecule has 0 atom stereocenters. The molecule has 0 bridgehead atoms. The van der Waals surface area contributed by atoms with Gasteiger partial charge in [-0.3, -0.25) is 15.1 Å². The lowest BCUT2D eigenvalue weighted by atomic mass is 10.2. The molecule has 0 aliphatic rings. The van der Waals surface area contributed by atoms with Crippen LogP contribution in [0.5, 0.6) is 0 Å². The van der Waals surface area contributed by atoms with Crippen LogP contribution in [0.15, 0.2) is 18.3 Å². The van der Waals surface area contributed by atoms with Crippen LogP contribution in [0.25, 0.3) is 0 Å². The van der Waals surface area contributed by atoms with Gasteiger partial charge in [0, 0.05) is 18.2 Å². The second-order valence-corrected chi connectivity index (χ2v) is 2.63. The fraction of sp³-hybridized carbons (Fsp3) is 0.286. The number of hydrogen-bond donors (Lipinski definition) is 2. The van der Waals surface area contributed by atoms with Crippen LogP contribution in [0.3, 0.4) is 0 Å². The van der Waals surface area contributed by atoms with Crippen molar-refractivity contribution < 1.29 is 4.92 Å². The number of pyridine rings is 1. The predicted octanol–water partition coefficient (Wildman–Crippen LogP) is -0.224. The summed E-state index contributed by atoms with van der Waals surface area (Å²) in [4.78, 5) is 13.6. The van der Waals surface area contributed by atoms with Gasteiger partial charge in [-0.15, -0.1) is 0 Å². The molecule has 0 unspecified atom stereocenters. The number of nitrogens with zero attached hydrogens (tertiary/aromatic N) is 2. The second kappa shape index (κ2) is 3.92. The summed E-state index contributed by atoms with van der Waals surface area (Å²) in [5, 5.41) is 10.3. The van der Waals surface area contributed by atoms with Gasteiger partial charge in [0.15, 0.2) is 0 Å². The van der Waals surface area contributed by atoms with E-state index in [1.165, 1.54) is 12.3 Å². The van der Waals surface area contributed by atoms with Crippen molar-refractivity contribution in [1.29, 1.82) is 0 Å². The smallest absolute Gasteiger partial charge is 0.287 e. The van der Waals surface area contributed by atoms with Crippen LogP contribution in [0.1, 0.15) is 5.69 Å². The van der Waals surface area contributed by atoms with Crippen molar-refractivity contribution in [3.8, 4) is 0 Å². The Labute approximate surface area is 74.7 Å². The van der Waals surface area contributed by atoms with Gasteiger partial charge in [0.2, 0.25) is 0 Å². The maximum atomic E-state index is 10.3. The average Bonchev–Trinajstić information content (AvgIpc) is 2.04. The Bertz CT molecular complexity index is 296. The predicted molar refractivity (Wildman–Crippen MR) is 46.8 cm³/mol. The molecule has 0 saturated carbocycles. The molecule has 6 nitrogen and oxygen atoms in total. The van der Waals surface area contributed by atoms with Crippen molar-refractivity contribution >= 4 is 5.69 Å². The first-order valence-electron chi connectivity index (χ1n) is 3.70. The summed E-state index contributed by atoms with van der Waals surface area (Å²) in [6, 6.07) is 2.93. The zero-order valence-electron chi connectivity index (χ0n) is 6.88. The zero-order valence-corrected chi connectivity index (χ0v) is 6.88. The average molecular weight is 182 g/mol. The third-order valence-electron chi connectivity index (χ3n) is 1.46. The van der Waals surface area contributed by atoms with Gasteiger partial charge in [-0.1, -0.05) is 0 Å². The Morgan fingerprint density at radius 2 is 2.23 bits per heavy atom. The van der Waals surface area contributed by atoms with Crippen molar-refractivity contribution in [3.63, 3.8) is 0 Å². The third kappa shape index (κ3) is 2.77. The molecule has 0 aromatic carbocycles. The maximum absolute atomic E-state index is 10.3. The highest BCUT2D eigenvalue weighted by Crippen LogP contribution is 2.08. The van der Waals surface area contributed by atoms with Gasteiger partial charge in [-0.2, -0.15) is 0 Å². The van der Waals surface area contributed by atoms with Crippen LogP contribution >= 0.6 is 0 Å². The van der Waals surface area contributed by atoms with Crippen molar-refractivity contribution in [3.05, 3.63) is 34.1 Å². The molecule has 0 aliphatic carbocycles. The summed E-state index contributed by atoms with van der Waals surface area (Å²) in [7, 11) is 0. The number of rotatable bonds is 3. The van der Waals surface area contributed by atoms with Gasteiger partial charge in [0.05, 0.1) is 11.1 Å². The Morgan fingerprint density at radius 1 is 1.54 bits per heavy atom. The van der Waals surface area contributed by atoms with Crippen molar-refractivity contribution in [2.45, 2.75) is 12.6 Å². The Hall–Kier alpha value is -1.53. The molecule has 1 heterocycles. The first-order valence-corrected chi connectivity index (χ1v) is 3.70. The Morgan fingerprint density at radius 3 is 2.62 bits per heavy atom. The standard InChI is InChI=1S/C7H10N4O2/c8-7(9)3-5-1-2-6(4-10-5)11(12)13/h1-2,4,7H,3,8-9H2. The molecule has 0 aliphatic heterocycles. The number of hydrogen-bond acceptors (Lipinski definition) is 5. The lowest BCUT2D eigenvalue weighted by Crippen LogP contribution is -2.32. The molecule has 1 aromatic heterocycles. The van der Waals surface area contributed by atoms with Crippen molar-refractivity contribution in [2.75, 3.05) is 0 Å². The van der Waals surface area contributed by atoms with Crippen molar-refractivity contribution in [1.82, 2.24) is 4.98 Å². The fourth-order valence-corrected chi connectivity index (χ4v) is 0.887. The fourth-order valence-electron chi connectivity index (χ4n) is 0.887. The van der Waals surface area contributed by atoms with E-state index in [0.29, 0.717) is 12.1 Å². The van der Waals surface area contributed by atoms with Crippen molar-refractivity contribution in [2.24, 2.45) is 11.5 Å². The van der Waals surface area contributed by atoms with E-state index in [4.69, 9.17) is 11.5 Å². The molecule has 0 fully saturated rings. The number of aromatic nitrogens is 1. The van der Waals surface area contributed by atoms with E-state index in [1.54, 1.807) is 6.07 Å². The summed E-state index contributed by atoms with van der Waals surface area (Å²) in [5.41, 5.74) is 11.3. The first kappa shape index (κ1) is 9.56. The van der Waals surface area contributed by atoms with Gasteiger partial charge in [0.1, 0.15) is 6.20 Å². The van der Waals surface area contributed by atoms with E-state index in [0.717, 1.165) is 0 Å². The molecule has 1 aromatic rings. The van der Waals surface area contributed by atoms with Gasteiger partial charge in [-0.05, 0) is 6.07 Å². The van der Waals surface area contributed by atoms with E-state index in [2.05, 4.69) is 4.98 Å². The summed E-state index contributed by atoms with van der Waals surface area (Å²) in [5.74, 6) is 0. The summed E-state index contributed by atoms with van der Waals surface area (Å²) >= 11 is 0. The lowest BCUT2D eigenvalue weighted by molar-refractivity contribution is -0.385. The minimum Gasteiger partial charge on any atom is -0.316 e. The van der Waals surface area contributed by atoms with E-state index in [-0.39, 0.29) is 5.69 Å². The molecule has 70 valence electrons. The molecule has 13 heavy (non-hydrogen) atoms. The Balaban J connectivity index is 2.75. The maximum Gasteiger partial charge on any atom is 0.287 e. The molecular formula is C7H10N4O2.